The average molecular weight is 337 g/mol. The van der Waals surface area contributed by atoms with E-state index in [1.165, 1.54) is 0 Å². The Hall–Kier alpha value is -0.630. The number of nitrogens with one attached hydrogen (secondary N) is 2. The molecule has 1 aromatic rings. The number of aromatic nitrogens is 2. The standard InChI is InChI=1S/C13H24N4O2S.ClH/c1-11(2)8-17-9-13(15-10-17)20(18,19)16-7-12-4-3-5-14-6-12;/h9-12,14,16H,3-8H2,1-2H3;1H. The summed E-state index contributed by atoms with van der Waals surface area (Å²) in [7, 11) is -3.48. The normalized spacial score (nSPS) is 19.5. The Kier molecular flexibility index (Phi) is 7.12. The van der Waals surface area contributed by atoms with Gasteiger partial charge in [-0.3, -0.25) is 0 Å². The number of sulfonamides is 1. The number of hydrogen-bond donors (Lipinski definition) is 2. The number of halogens is 1. The number of imidazole rings is 1. The smallest absolute Gasteiger partial charge is 0.259 e. The number of hydrogen-bond acceptors (Lipinski definition) is 4. The zero-order valence-electron chi connectivity index (χ0n) is 12.6. The van der Waals surface area contributed by atoms with Crippen molar-refractivity contribution in [3.63, 3.8) is 0 Å². The Bertz CT molecular complexity index is 524. The van der Waals surface area contributed by atoms with Gasteiger partial charge in [-0.25, -0.2) is 18.1 Å². The lowest BCUT2D eigenvalue weighted by atomic mass is 10.0. The Morgan fingerprint density at radius 1 is 1.52 bits per heavy atom. The molecule has 8 heteroatoms. The molecule has 1 fully saturated rings. The van der Waals surface area contributed by atoms with Gasteiger partial charge in [0, 0.05) is 19.3 Å². The van der Waals surface area contributed by atoms with Crippen LogP contribution in [-0.2, 0) is 16.6 Å². The van der Waals surface area contributed by atoms with Crippen molar-refractivity contribution in [1.82, 2.24) is 19.6 Å². The fourth-order valence-electron chi connectivity index (χ4n) is 2.40. The Labute approximate surface area is 133 Å². The highest BCUT2D eigenvalue weighted by Crippen LogP contribution is 2.11. The van der Waals surface area contributed by atoms with Crippen LogP contribution in [0.1, 0.15) is 26.7 Å². The molecule has 122 valence electrons. The molecule has 2 heterocycles. The molecule has 1 unspecified atom stereocenters. The molecule has 6 nitrogen and oxygen atoms in total. The second-order valence-corrected chi connectivity index (χ2v) is 7.58. The lowest BCUT2D eigenvalue weighted by Gasteiger charge is -2.22. The maximum atomic E-state index is 12.2. The number of piperidine rings is 1. The molecule has 0 aliphatic carbocycles. The van der Waals surface area contributed by atoms with Crippen LogP contribution in [0.4, 0.5) is 0 Å². The molecule has 1 aliphatic rings. The molecule has 0 bridgehead atoms. The zero-order valence-corrected chi connectivity index (χ0v) is 14.2. The van der Waals surface area contributed by atoms with Crippen LogP contribution in [0, 0.1) is 11.8 Å². The van der Waals surface area contributed by atoms with E-state index in [2.05, 4.69) is 28.9 Å². The fourth-order valence-corrected chi connectivity index (χ4v) is 3.46. The predicted octanol–water partition coefficient (Wildman–Crippen LogP) is 1.24. The molecule has 1 aromatic heterocycles. The molecule has 21 heavy (non-hydrogen) atoms. The number of rotatable bonds is 6. The van der Waals surface area contributed by atoms with Crippen LogP contribution >= 0.6 is 12.4 Å². The Balaban J connectivity index is 0.00000220. The summed E-state index contributed by atoms with van der Waals surface area (Å²) in [4.78, 5) is 4.00. The van der Waals surface area contributed by atoms with Crippen molar-refractivity contribution in [1.29, 1.82) is 0 Å². The van der Waals surface area contributed by atoms with Gasteiger partial charge >= 0.3 is 0 Å². The van der Waals surface area contributed by atoms with Crippen LogP contribution in [0.5, 0.6) is 0 Å². The van der Waals surface area contributed by atoms with Gasteiger partial charge in [-0.1, -0.05) is 13.8 Å². The maximum absolute atomic E-state index is 12.2. The third-order valence-corrected chi connectivity index (χ3v) is 4.73. The van der Waals surface area contributed by atoms with Gasteiger partial charge in [0.2, 0.25) is 0 Å². The first kappa shape index (κ1) is 18.4. The SMILES string of the molecule is CC(C)Cn1cnc(S(=O)(=O)NCC2CCCNC2)c1.Cl. The summed E-state index contributed by atoms with van der Waals surface area (Å²) in [5.41, 5.74) is 0. The van der Waals surface area contributed by atoms with E-state index in [0.29, 0.717) is 18.4 Å². The van der Waals surface area contributed by atoms with Crippen molar-refractivity contribution in [3.8, 4) is 0 Å². The van der Waals surface area contributed by atoms with Crippen molar-refractivity contribution < 1.29 is 8.42 Å². The molecule has 2 rings (SSSR count). The van der Waals surface area contributed by atoms with Gasteiger partial charge in [0.05, 0.1) is 6.33 Å². The van der Waals surface area contributed by atoms with Crippen molar-refractivity contribution in [2.45, 2.75) is 38.3 Å². The molecule has 0 radical (unpaired) electrons. The average Bonchev–Trinajstić information content (AvgIpc) is 2.86. The van der Waals surface area contributed by atoms with Gasteiger partial charge in [-0.05, 0) is 37.8 Å². The quantitative estimate of drug-likeness (QED) is 0.819. The van der Waals surface area contributed by atoms with Crippen molar-refractivity contribution >= 4 is 22.4 Å². The van der Waals surface area contributed by atoms with Crippen LogP contribution in [0.2, 0.25) is 0 Å². The minimum atomic E-state index is -3.48. The third kappa shape index (κ3) is 5.58. The van der Waals surface area contributed by atoms with Gasteiger partial charge < -0.3 is 9.88 Å². The summed E-state index contributed by atoms with van der Waals surface area (Å²) in [5, 5.41) is 3.39. The van der Waals surface area contributed by atoms with Crippen LogP contribution < -0.4 is 10.0 Å². The van der Waals surface area contributed by atoms with E-state index >= 15 is 0 Å². The van der Waals surface area contributed by atoms with E-state index in [1.54, 1.807) is 12.5 Å². The number of nitrogens with zero attached hydrogens (tertiary/aromatic N) is 2. The van der Waals surface area contributed by atoms with Gasteiger partial charge in [-0.15, -0.1) is 12.4 Å². The molecule has 0 saturated carbocycles. The second kappa shape index (κ2) is 8.12. The van der Waals surface area contributed by atoms with E-state index in [0.717, 1.165) is 32.5 Å². The van der Waals surface area contributed by atoms with E-state index in [4.69, 9.17) is 0 Å². The summed E-state index contributed by atoms with van der Waals surface area (Å²) in [5.74, 6) is 0.831. The highest BCUT2D eigenvalue weighted by Gasteiger charge is 2.20. The fraction of sp³-hybridized carbons (Fsp3) is 0.769. The maximum Gasteiger partial charge on any atom is 0.259 e. The largest absolute Gasteiger partial charge is 0.336 e. The molecular formula is C13H25ClN4O2S. The van der Waals surface area contributed by atoms with Crippen LogP contribution in [0.25, 0.3) is 0 Å². The molecule has 0 spiro atoms. The van der Waals surface area contributed by atoms with E-state index < -0.39 is 10.0 Å². The summed E-state index contributed by atoms with van der Waals surface area (Å²) < 4.78 is 28.8. The lowest BCUT2D eigenvalue weighted by molar-refractivity contribution is 0.375. The first-order valence-electron chi connectivity index (χ1n) is 7.19. The van der Waals surface area contributed by atoms with Crippen molar-refractivity contribution in [2.24, 2.45) is 11.8 Å². The monoisotopic (exact) mass is 336 g/mol. The summed E-state index contributed by atoms with van der Waals surface area (Å²) in [6.45, 7) is 7.33. The lowest BCUT2D eigenvalue weighted by Crippen LogP contribution is -2.38. The molecule has 1 atom stereocenters. The Morgan fingerprint density at radius 2 is 2.29 bits per heavy atom. The van der Waals surface area contributed by atoms with Crippen LogP contribution in [0.15, 0.2) is 17.6 Å². The molecule has 1 aliphatic heterocycles. The van der Waals surface area contributed by atoms with Crippen LogP contribution in [0.3, 0.4) is 0 Å². The third-order valence-electron chi connectivity index (χ3n) is 3.42. The van der Waals surface area contributed by atoms with E-state index in [9.17, 15) is 8.42 Å². The summed E-state index contributed by atoms with van der Waals surface area (Å²) >= 11 is 0. The van der Waals surface area contributed by atoms with Crippen molar-refractivity contribution in [2.75, 3.05) is 19.6 Å². The van der Waals surface area contributed by atoms with Gasteiger partial charge in [0.25, 0.3) is 10.0 Å². The van der Waals surface area contributed by atoms with Gasteiger partial charge in [0.1, 0.15) is 0 Å². The zero-order chi connectivity index (χ0) is 14.6. The predicted molar refractivity (Wildman–Crippen MR) is 85.1 cm³/mol. The molecule has 1 saturated heterocycles. The molecule has 0 aromatic carbocycles. The minimum absolute atomic E-state index is 0. The van der Waals surface area contributed by atoms with E-state index in [-0.39, 0.29) is 17.4 Å². The van der Waals surface area contributed by atoms with E-state index in [1.807, 2.05) is 4.57 Å². The van der Waals surface area contributed by atoms with Gasteiger partial charge in [0.15, 0.2) is 5.03 Å². The van der Waals surface area contributed by atoms with Gasteiger partial charge in [-0.2, -0.15) is 0 Å². The molecule has 0 amide bonds. The molecule has 2 N–H and O–H groups in total. The Morgan fingerprint density at radius 3 is 2.90 bits per heavy atom. The highest BCUT2D eigenvalue weighted by molar-refractivity contribution is 7.89. The first-order valence-corrected chi connectivity index (χ1v) is 8.68. The first-order chi connectivity index (χ1) is 9.47. The summed E-state index contributed by atoms with van der Waals surface area (Å²) in [6, 6.07) is 0. The minimum Gasteiger partial charge on any atom is -0.336 e. The summed E-state index contributed by atoms with van der Waals surface area (Å²) in [6.07, 6.45) is 5.35. The topological polar surface area (TPSA) is 76.0 Å². The molecular weight excluding hydrogens is 312 g/mol. The van der Waals surface area contributed by atoms with Crippen LogP contribution in [-0.4, -0.2) is 37.6 Å². The second-order valence-electron chi connectivity index (χ2n) is 5.87. The van der Waals surface area contributed by atoms with Crippen molar-refractivity contribution in [3.05, 3.63) is 12.5 Å². The highest BCUT2D eigenvalue weighted by atomic mass is 35.5.